The molecule has 0 saturated heterocycles. The number of aromatic nitrogens is 2. The minimum absolute atomic E-state index is 0.0782. The molecule has 1 N–H and O–H groups in total. The van der Waals surface area contributed by atoms with E-state index in [2.05, 4.69) is 14.9 Å². The third-order valence-corrected chi connectivity index (χ3v) is 5.34. The zero-order chi connectivity index (χ0) is 15.6. The molecule has 112 valence electrons. The highest BCUT2D eigenvalue weighted by atomic mass is 35.5. The molecule has 0 radical (unpaired) electrons. The Morgan fingerprint density at radius 2 is 2.14 bits per heavy atom. The van der Waals surface area contributed by atoms with Crippen molar-refractivity contribution in [2.75, 3.05) is 4.72 Å². The average molecular weight is 349 g/mol. The van der Waals surface area contributed by atoms with Gasteiger partial charge in [0.2, 0.25) is 5.13 Å². The van der Waals surface area contributed by atoms with Crippen molar-refractivity contribution >= 4 is 43.8 Å². The number of benzene rings is 1. The maximum atomic E-state index is 12.2. The number of halogens is 1. The standard InChI is InChI=1S/C10H9ClN4O4S2/c1-2-9-12-13-10(20-9)14-21(18,19)8-5-6(15(16)17)3-4-7(8)11/h3-5H,2H2,1H3,(H,13,14). The van der Waals surface area contributed by atoms with Crippen LogP contribution in [0.2, 0.25) is 5.02 Å². The quantitative estimate of drug-likeness (QED) is 0.655. The van der Waals surface area contributed by atoms with Crippen LogP contribution in [0.25, 0.3) is 0 Å². The predicted molar refractivity (Wildman–Crippen MR) is 78.2 cm³/mol. The maximum absolute atomic E-state index is 12.2. The summed E-state index contributed by atoms with van der Waals surface area (Å²) in [6.07, 6.45) is 0.622. The molecule has 2 rings (SSSR count). The fourth-order valence-corrected chi connectivity index (χ4v) is 3.85. The first kappa shape index (κ1) is 15.6. The Balaban J connectivity index is 2.39. The fraction of sp³-hybridized carbons (Fsp3) is 0.200. The van der Waals surface area contributed by atoms with Crippen LogP contribution in [0, 0.1) is 10.1 Å². The number of rotatable bonds is 5. The smallest absolute Gasteiger partial charge is 0.258 e. The molecule has 11 heteroatoms. The summed E-state index contributed by atoms with van der Waals surface area (Å²) in [6.45, 7) is 1.86. The predicted octanol–water partition coefficient (Wildman–Crippen LogP) is 2.46. The van der Waals surface area contributed by atoms with E-state index in [1.165, 1.54) is 0 Å². The molecule has 0 spiro atoms. The average Bonchev–Trinajstić information content (AvgIpc) is 2.85. The Bertz CT molecular complexity index is 790. The van der Waals surface area contributed by atoms with Crippen LogP contribution in [0.15, 0.2) is 23.1 Å². The van der Waals surface area contributed by atoms with E-state index < -0.39 is 14.9 Å². The summed E-state index contributed by atoms with van der Waals surface area (Å²) in [6, 6.07) is 3.18. The zero-order valence-corrected chi connectivity index (χ0v) is 13.0. The first-order chi connectivity index (χ1) is 9.83. The Hall–Kier alpha value is -1.78. The van der Waals surface area contributed by atoms with E-state index in [9.17, 15) is 18.5 Å². The summed E-state index contributed by atoms with van der Waals surface area (Å²) in [5, 5.41) is 18.8. The Morgan fingerprint density at radius 1 is 1.43 bits per heavy atom. The van der Waals surface area contributed by atoms with Gasteiger partial charge in [0.1, 0.15) is 9.90 Å². The SMILES string of the molecule is CCc1nnc(NS(=O)(=O)c2cc([N+](=O)[O-])ccc2Cl)s1. The molecule has 0 bridgehead atoms. The van der Waals surface area contributed by atoms with Gasteiger partial charge in [0.05, 0.1) is 9.95 Å². The van der Waals surface area contributed by atoms with E-state index in [1.54, 1.807) is 0 Å². The van der Waals surface area contributed by atoms with Crippen molar-refractivity contribution in [3.63, 3.8) is 0 Å². The van der Waals surface area contributed by atoms with Crippen molar-refractivity contribution in [2.45, 2.75) is 18.2 Å². The number of sulfonamides is 1. The lowest BCUT2D eigenvalue weighted by Gasteiger charge is -2.06. The van der Waals surface area contributed by atoms with Crippen molar-refractivity contribution in [1.82, 2.24) is 10.2 Å². The lowest BCUT2D eigenvalue weighted by molar-refractivity contribution is -0.385. The number of aryl methyl sites for hydroxylation is 1. The molecule has 0 aliphatic heterocycles. The molecule has 0 amide bonds. The second kappa shape index (κ2) is 5.92. The summed E-state index contributed by atoms with van der Waals surface area (Å²) in [4.78, 5) is 9.64. The van der Waals surface area contributed by atoms with Crippen molar-refractivity contribution in [3.05, 3.63) is 38.3 Å². The molecule has 8 nitrogen and oxygen atoms in total. The third kappa shape index (κ3) is 3.46. The van der Waals surface area contributed by atoms with Gasteiger partial charge in [-0.1, -0.05) is 29.9 Å². The topological polar surface area (TPSA) is 115 Å². The third-order valence-electron chi connectivity index (χ3n) is 2.41. The molecular formula is C10H9ClN4O4S2. The summed E-state index contributed by atoms with van der Waals surface area (Å²) < 4.78 is 26.6. The highest BCUT2D eigenvalue weighted by Crippen LogP contribution is 2.28. The molecule has 1 aromatic carbocycles. The van der Waals surface area contributed by atoms with Crippen LogP contribution >= 0.6 is 22.9 Å². The number of anilines is 1. The van der Waals surface area contributed by atoms with Gasteiger partial charge < -0.3 is 0 Å². The van der Waals surface area contributed by atoms with E-state index in [1.807, 2.05) is 6.92 Å². The first-order valence-electron chi connectivity index (χ1n) is 5.62. The van der Waals surface area contributed by atoms with Crippen LogP contribution in [0.5, 0.6) is 0 Å². The molecule has 0 fully saturated rings. The molecular weight excluding hydrogens is 340 g/mol. The monoisotopic (exact) mass is 348 g/mol. The van der Waals surface area contributed by atoms with Gasteiger partial charge in [-0.25, -0.2) is 8.42 Å². The van der Waals surface area contributed by atoms with E-state index in [-0.39, 0.29) is 20.7 Å². The van der Waals surface area contributed by atoms with Gasteiger partial charge in [-0.05, 0) is 12.5 Å². The van der Waals surface area contributed by atoms with E-state index >= 15 is 0 Å². The van der Waals surface area contributed by atoms with E-state index in [0.29, 0.717) is 11.4 Å². The lowest BCUT2D eigenvalue weighted by Crippen LogP contribution is -2.13. The highest BCUT2D eigenvalue weighted by molar-refractivity contribution is 7.93. The molecule has 2 aromatic rings. The molecule has 1 heterocycles. The Kier molecular flexibility index (Phi) is 4.40. The largest absolute Gasteiger partial charge is 0.270 e. The number of nitro groups is 1. The second-order valence-corrected chi connectivity index (χ2v) is 6.95. The molecule has 0 saturated carbocycles. The lowest BCUT2D eigenvalue weighted by atomic mass is 10.3. The molecule has 0 unspecified atom stereocenters. The summed E-state index contributed by atoms with van der Waals surface area (Å²) in [5.74, 6) is 0. The number of nitrogens with one attached hydrogen (secondary N) is 1. The minimum atomic E-state index is -4.07. The van der Waals surface area contributed by atoms with Crippen LogP contribution in [-0.2, 0) is 16.4 Å². The molecule has 1 aromatic heterocycles. The van der Waals surface area contributed by atoms with E-state index in [4.69, 9.17) is 11.6 Å². The van der Waals surface area contributed by atoms with Crippen LogP contribution in [0.1, 0.15) is 11.9 Å². The Morgan fingerprint density at radius 3 is 2.71 bits per heavy atom. The highest BCUT2D eigenvalue weighted by Gasteiger charge is 2.23. The summed E-state index contributed by atoms with van der Waals surface area (Å²) in [7, 11) is -4.07. The molecule has 0 aliphatic rings. The van der Waals surface area contributed by atoms with Crippen LogP contribution in [0.4, 0.5) is 10.8 Å². The van der Waals surface area contributed by atoms with Gasteiger partial charge >= 0.3 is 0 Å². The first-order valence-corrected chi connectivity index (χ1v) is 8.30. The van der Waals surface area contributed by atoms with Crippen LogP contribution in [0.3, 0.4) is 0 Å². The second-order valence-electron chi connectivity index (χ2n) is 3.83. The number of hydrogen-bond acceptors (Lipinski definition) is 7. The molecule has 21 heavy (non-hydrogen) atoms. The van der Waals surface area contributed by atoms with E-state index in [0.717, 1.165) is 29.5 Å². The van der Waals surface area contributed by atoms with Gasteiger partial charge in [0.15, 0.2) is 0 Å². The summed E-state index contributed by atoms with van der Waals surface area (Å²) >= 11 is 6.89. The van der Waals surface area contributed by atoms with Gasteiger partial charge in [0.25, 0.3) is 15.7 Å². The maximum Gasteiger partial charge on any atom is 0.270 e. The fourth-order valence-electron chi connectivity index (χ4n) is 1.42. The molecule has 0 aliphatic carbocycles. The van der Waals surface area contributed by atoms with Gasteiger partial charge in [-0.15, -0.1) is 10.2 Å². The molecule has 0 atom stereocenters. The normalized spacial score (nSPS) is 11.3. The van der Waals surface area contributed by atoms with Crippen LogP contribution in [-0.4, -0.2) is 23.5 Å². The number of nitro benzene ring substituents is 1. The minimum Gasteiger partial charge on any atom is -0.258 e. The number of hydrogen-bond donors (Lipinski definition) is 1. The van der Waals surface area contributed by atoms with Crippen LogP contribution < -0.4 is 4.72 Å². The zero-order valence-electron chi connectivity index (χ0n) is 10.6. The van der Waals surface area contributed by atoms with Gasteiger partial charge in [-0.2, -0.15) is 0 Å². The summed E-state index contributed by atoms with van der Waals surface area (Å²) in [5.41, 5.74) is -0.369. The Labute approximate surface area is 129 Å². The van der Waals surface area contributed by atoms with Gasteiger partial charge in [0, 0.05) is 12.1 Å². The van der Waals surface area contributed by atoms with Gasteiger partial charge in [-0.3, -0.25) is 14.8 Å². The van der Waals surface area contributed by atoms with Crippen molar-refractivity contribution < 1.29 is 13.3 Å². The van der Waals surface area contributed by atoms with Crippen molar-refractivity contribution in [1.29, 1.82) is 0 Å². The number of non-ortho nitro benzene ring substituents is 1. The van der Waals surface area contributed by atoms with Crippen molar-refractivity contribution in [3.8, 4) is 0 Å². The number of nitrogens with zero attached hydrogens (tertiary/aromatic N) is 3. The van der Waals surface area contributed by atoms with Crippen molar-refractivity contribution in [2.24, 2.45) is 0 Å².